The molecule has 28 heavy (non-hydrogen) atoms. The van der Waals surface area contributed by atoms with Crippen LogP contribution in [-0.2, 0) is 6.54 Å². The Morgan fingerprint density at radius 3 is 2.75 bits per heavy atom. The fourth-order valence-corrected chi connectivity index (χ4v) is 2.85. The molecule has 3 aromatic heterocycles. The van der Waals surface area contributed by atoms with Crippen LogP contribution in [0, 0.1) is 6.92 Å². The predicted octanol–water partition coefficient (Wildman–Crippen LogP) is 3.33. The van der Waals surface area contributed by atoms with Crippen LogP contribution in [0.25, 0.3) is 22.8 Å². The second-order valence-electron chi connectivity index (χ2n) is 6.39. The van der Waals surface area contributed by atoms with E-state index >= 15 is 0 Å². The topological polar surface area (TPSA) is 83.0 Å². The molecule has 0 bridgehead atoms. The maximum atomic E-state index is 12.2. The lowest BCUT2D eigenvalue weighted by atomic mass is 10.1. The van der Waals surface area contributed by atoms with Crippen molar-refractivity contribution in [1.82, 2.24) is 19.7 Å². The Labute approximate surface area is 161 Å². The number of aromatic nitrogens is 4. The summed E-state index contributed by atoms with van der Waals surface area (Å²) in [6, 6.07) is 14.7. The third-order valence-corrected chi connectivity index (χ3v) is 4.29. The highest BCUT2D eigenvalue weighted by Crippen LogP contribution is 2.22. The summed E-state index contributed by atoms with van der Waals surface area (Å²) >= 11 is 0. The van der Waals surface area contributed by atoms with E-state index < -0.39 is 0 Å². The zero-order valence-electron chi connectivity index (χ0n) is 15.5. The SMILES string of the molecule is COc1ccc(Cn2cc(-c3nc(-c4cccc(C)c4)no3)ccc2=O)cn1. The Balaban J connectivity index is 1.62. The fraction of sp³-hybridized carbons (Fsp3) is 0.143. The van der Waals surface area contributed by atoms with E-state index in [-0.39, 0.29) is 5.56 Å². The van der Waals surface area contributed by atoms with Gasteiger partial charge in [-0.1, -0.05) is 35.0 Å². The molecular weight excluding hydrogens is 356 g/mol. The van der Waals surface area contributed by atoms with Crippen LogP contribution in [0.4, 0.5) is 0 Å². The van der Waals surface area contributed by atoms with Crippen molar-refractivity contribution in [3.8, 4) is 28.7 Å². The molecule has 7 nitrogen and oxygen atoms in total. The Bertz CT molecular complexity index is 1160. The molecule has 0 spiro atoms. The van der Waals surface area contributed by atoms with Gasteiger partial charge >= 0.3 is 0 Å². The summed E-state index contributed by atoms with van der Waals surface area (Å²) in [5.74, 6) is 1.40. The second kappa shape index (κ2) is 7.48. The van der Waals surface area contributed by atoms with Gasteiger partial charge in [-0.2, -0.15) is 4.98 Å². The van der Waals surface area contributed by atoms with E-state index in [0.29, 0.717) is 29.7 Å². The van der Waals surface area contributed by atoms with Gasteiger partial charge in [0.15, 0.2) is 0 Å². The number of methoxy groups -OCH3 is 1. The highest BCUT2D eigenvalue weighted by atomic mass is 16.5. The van der Waals surface area contributed by atoms with E-state index in [1.165, 1.54) is 6.07 Å². The van der Waals surface area contributed by atoms with Gasteiger partial charge in [0, 0.05) is 30.1 Å². The molecule has 0 aliphatic heterocycles. The molecular formula is C21H18N4O3. The highest BCUT2D eigenvalue weighted by Gasteiger charge is 2.12. The molecule has 0 saturated heterocycles. The minimum absolute atomic E-state index is 0.127. The van der Waals surface area contributed by atoms with E-state index in [0.717, 1.165) is 16.7 Å². The number of pyridine rings is 2. The highest BCUT2D eigenvalue weighted by molar-refractivity contribution is 5.59. The van der Waals surface area contributed by atoms with E-state index in [2.05, 4.69) is 15.1 Å². The predicted molar refractivity (Wildman–Crippen MR) is 104 cm³/mol. The first-order valence-corrected chi connectivity index (χ1v) is 8.73. The van der Waals surface area contributed by atoms with Crippen molar-refractivity contribution in [3.63, 3.8) is 0 Å². The molecule has 0 unspecified atom stereocenters. The summed E-state index contributed by atoms with van der Waals surface area (Å²) in [4.78, 5) is 20.9. The standard InChI is InChI=1S/C21H18N4O3/c1-14-4-3-5-16(10-14)20-23-21(28-24-20)17-7-9-19(26)25(13-17)12-15-6-8-18(27-2)22-11-15/h3-11,13H,12H2,1-2H3. The van der Waals surface area contributed by atoms with Crippen LogP contribution in [0.15, 0.2) is 70.2 Å². The van der Waals surface area contributed by atoms with E-state index in [9.17, 15) is 4.79 Å². The summed E-state index contributed by atoms with van der Waals surface area (Å²) in [7, 11) is 1.56. The van der Waals surface area contributed by atoms with Crippen LogP contribution < -0.4 is 10.3 Å². The molecule has 0 fully saturated rings. The van der Waals surface area contributed by atoms with Gasteiger partial charge in [-0.15, -0.1) is 0 Å². The van der Waals surface area contributed by atoms with Crippen LogP contribution in [0.1, 0.15) is 11.1 Å². The zero-order chi connectivity index (χ0) is 19.5. The number of hydrogen-bond donors (Lipinski definition) is 0. The third kappa shape index (κ3) is 3.68. The first-order chi connectivity index (χ1) is 13.6. The average molecular weight is 374 g/mol. The number of benzene rings is 1. The van der Waals surface area contributed by atoms with Gasteiger partial charge in [0.25, 0.3) is 11.4 Å². The smallest absolute Gasteiger partial charge is 0.259 e. The van der Waals surface area contributed by atoms with Crippen molar-refractivity contribution in [1.29, 1.82) is 0 Å². The number of hydrogen-bond acceptors (Lipinski definition) is 6. The summed E-state index contributed by atoms with van der Waals surface area (Å²) in [6.45, 7) is 2.39. The van der Waals surface area contributed by atoms with Crippen LogP contribution >= 0.6 is 0 Å². The molecule has 0 amide bonds. The minimum Gasteiger partial charge on any atom is -0.481 e. The van der Waals surface area contributed by atoms with Crippen molar-refractivity contribution in [3.05, 3.63) is 82.4 Å². The van der Waals surface area contributed by atoms with Gasteiger partial charge in [0.1, 0.15) is 0 Å². The molecule has 0 aliphatic carbocycles. The first kappa shape index (κ1) is 17.7. The molecule has 0 aliphatic rings. The maximum Gasteiger partial charge on any atom is 0.259 e. The van der Waals surface area contributed by atoms with Crippen LogP contribution in [0.3, 0.4) is 0 Å². The van der Waals surface area contributed by atoms with Crippen LogP contribution in [-0.4, -0.2) is 26.8 Å². The van der Waals surface area contributed by atoms with E-state index in [1.807, 2.05) is 37.3 Å². The van der Waals surface area contributed by atoms with Crippen molar-refractivity contribution in [2.75, 3.05) is 7.11 Å². The molecule has 0 radical (unpaired) electrons. The molecule has 140 valence electrons. The maximum absolute atomic E-state index is 12.2. The van der Waals surface area contributed by atoms with Gasteiger partial charge in [-0.05, 0) is 24.6 Å². The van der Waals surface area contributed by atoms with E-state index in [4.69, 9.17) is 9.26 Å². The van der Waals surface area contributed by atoms with Crippen molar-refractivity contribution in [2.45, 2.75) is 13.5 Å². The van der Waals surface area contributed by atoms with Gasteiger partial charge in [-0.3, -0.25) is 4.79 Å². The summed E-state index contributed by atoms with van der Waals surface area (Å²) in [5, 5.41) is 4.06. The number of rotatable bonds is 5. The van der Waals surface area contributed by atoms with Crippen LogP contribution in [0.5, 0.6) is 5.88 Å². The monoisotopic (exact) mass is 374 g/mol. The van der Waals surface area contributed by atoms with Gasteiger partial charge in [0.2, 0.25) is 11.7 Å². The second-order valence-corrected chi connectivity index (χ2v) is 6.39. The van der Waals surface area contributed by atoms with Crippen molar-refractivity contribution >= 4 is 0 Å². The molecule has 0 N–H and O–H groups in total. The first-order valence-electron chi connectivity index (χ1n) is 8.73. The summed E-state index contributed by atoms with van der Waals surface area (Å²) in [5.41, 5.74) is 3.43. The Kier molecular flexibility index (Phi) is 4.72. The molecule has 4 aromatic rings. The lowest BCUT2D eigenvalue weighted by Crippen LogP contribution is -2.19. The summed E-state index contributed by atoms with van der Waals surface area (Å²) < 4.78 is 12.1. The molecule has 4 rings (SSSR count). The van der Waals surface area contributed by atoms with E-state index in [1.54, 1.807) is 36.2 Å². The molecule has 3 heterocycles. The van der Waals surface area contributed by atoms with Gasteiger partial charge in [-0.25, -0.2) is 4.98 Å². The molecule has 0 saturated carbocycles. The molecule has 0 atom stereocenters. The normalized spacial score (nSPS) is 10.8. The van der Waals surface area contributed by atoms with Crippen molar-refractivity contribution < 1.29 is 9.26 Å². The summed E-state index contributed by atoms with van der Waals surface area (Å²) in [6.07, 6.45) is 3.39. The van der Waals surface area contributed by atoms with Gasteiger partial charge < -0.3 is 13.8 Å². The van der Waals surface area contributed by atoms with Gasteiger partial charge in [0.05, 0.1) is 19.2 Å². The lowest BCUT2D eigenvalue weighted by Gasteiger charge is -2.07. The minimum atomic E-state index is -0.127. The average Bonchev–Trinajstić information content (AvgIpc) is 3.20. The zero-order valence-corrected chi connectivity index (χ0v) is 15.5. The fourth-order valence-electron chi connectivity index (χ4n) is 2.85. The third-order valence-electron chi connectivity index (χ3n) is 4.29. The largest absolute Gasteiger partial charge is 0.481 e. The number of ether oxygens (including phenoxy) is 1. The van der Waals surface area contributed by atoms with Crippen molar-refractivity contribution in [2.24, 2.45) is 0 Å². The van der Waals surface area contributed by atoms with Crippen LogP contribution in [0.2, 0.25) is 0 Å². The molecule has 1 aromatic carbocycles. The molecule has 7 heteroatoms. The Morgan fingerprint density at radius 1 is 1.11 bits per heavy atom. The number of nitrogens with zero attached hydrogens (tertiary/aromatic N) is 4. The Hall–Kier alpha value is -3.74. The quantitative estimate of drug-likeness (QED) is 0.533. The number of aryl methyl sites for hydroxylation is 1. The Morgan fingerprint density at radius 2 is 2.00 bits per heavy atom. The lowest BCUT2D eigenvalue weighted by molar-refractivity contribution is 0.397.